The molecule has 0 saturated carbocycles. The number of carbonyl (C=O) groups is 2. The highest BCUT2D eigenvalue weighted by molar-refractivity contribution is 14.1. The Bertz CT molecular complexity index is 721. The molecule has 7 heteroatoms. The van der Waals surface area contributed by atoms with E-state index in [1.165, 1.54) is 0 Å². The fourth-order valence-corrected chi connectivity index (χ4v) is 2.81. The summed E-state index contributed by atoms with van der Waals surface area (Å²) in [5, 5.41) is 0. The third kappa shape index (κ3) is 6.61. The van der Waals surface area contributed by atoms with Gasteiger partial charge in [0.2, 0.25) is 0 Å². The van der Waals surface area contributed by atoms with Crippen molar-refractivity contribution in [3.05, 3.63) is 63.2 Å². The molecule has 0 saturated heterocycles. The molecular formula is C18H18INO5. The first-order valence-electron chi connectivity index (χ1n) is 7.57. The average Bonchev–Trinajstić information content (AvgIpc) is 2.64. The van der Waals surface area contributed by atoms with Gasteiger partial charge in [0.25, 0.3) is 0 Å². The molecule has 2 aromatic carbocycles. The van der Waals surface area contributed by atoms with E-state index < -0.39 is 12.1 Å². The average molecular weight is 455 g/mol. The molecule has 2 aromatic rings. The van der Waals surface area contributed by atoms with E-state index in [1.54, 1.807) is 7.11 Å². The van der Waals surface area contributed by atoms with Gasteiger partial charge in [-0.15, -0.1) is 5.48 Å². The number of hydrogen-bond acceptors (Lipinski definition) is 5. The van der Waals surface area contributed by atoms with Crippen LogP contribution < -0.4 is 10.2 Å². The number of benzene rings is 2. The van der Waals surface area contributed by atoms with Crippen molar-refractivity contribution in [2.45, 2.75) is 19.4 Å². The summed E-state index contributed by atoms with van der Waals surface area (Å²) in [6, 6.07) is 14.9. The van der Waals surface area contributed by atoms with Gasteiger partial charge in [0.1, 0.15) is 12.4 Å². The number of halogens is 1. The summed E-state index contributed by atoms with van der Waals surface area (Å²) in [6.07, 6.45) is -0.169. The van der Waals surface area contributed by atoms with Crippen molar-refractivity contribution in [3.63, 3.8) is 0 Å². The largest absolute Gasteiger partial charge is 0.496 e. The molecule has 0 aliphatic rings. The van der Waals surface area contributed by atoms with Crippen LogP contribution in [0.1, 0.15) is 17.5 Å². The molecule has 0 aliphatic carbocycles. The fraction of sp³-hybridized carbons (Fsp3) is 0.222. The summed E-state index contributed by atoms with van der Waals surface area (Å²) >= 11 is 2.17. The predicted octanol–water partition coefficient (Wildman–Crippen LogP) is 3.62. The number of rotatable bonds is 6. The molecule has 0 fully saturated rings. The van der Waals surface area contributed by atoms with Gasteiger partial charge in [-0.05, 0) is 52.3 Å². The number of carbonyl (C=O) groups excluding carboxylic acids is 2. The van der Waals surface area contributed by atoms with Crippen LogP contribution in [-0.2, 0) is 27.4 Å². The number of nitrogens with one attached hydrogen (secondary N) is 1. The highest BCUT2D eigenvalue weighted by Gasteiger charge is 2.09. The second-order valence-corrected chi connectivity index (χ2v) is 6.27. The Morgan fingerprint density at radius 3 is 2.52 bits per heavy atom. The first-order valence-corrected chi connectivity index (χ1v) is 8.65. The van der Waals surface area contributed by atoms with E-state index in [9.17, 15) is 9.59 Å². The standard InChI is InChI=1S/C18H18INO5/c1-23-16-9-7-13(11-15(16)19)8-10-17(21)25-20-18(22)24-12-14-5-3-2-4-6-14/h2-7,9,11H,8,10,12H2,1H3,(H,20,22). The Labute approximate surface area is 159 Å². The minimum absolute atomic E-state index is 0.106. The zero-order valence-electron chi connectivity index (χ0n) is 13.7. The molecule has 0 heterocycles. The first-order chi connectivity index (χ1) is 12.1. The SMILES string of the molecule is COc1ccc(CCC(=O)ONC(=O)OCc2ccccc2)cc1I. The highest BCUT2D eigenvalue weighted by atomic mass is 127. The third-order valence-corrected chi connectivity index (χ3v) is 4.14. The molecule has 25 heavy (non-hydrogen) atoms. The smallest absolute Gasteiger partial charge is 0.441 e. The van der Waals surface area contributed by atoms with Crippen LogP contribution in [0.15, 0.2) is 48.5 Å². The minimum atomic E-state index is -0.809. The lowest BCUT2D eigenvalue weighted by atomic mass is 10.1. The van der Waals surface area contributed by atoms with Gasteiger partial charge in [0.15, 0.2) is 0 Å². The van der Waals surface area contributed by atoms with Crippen LogP contribution in [0, 0.1) is 3.57 Å². The Morgan fingerprint density at radius 1 is 1.08 bits per heavy atom. The van der Waals surface area contributed by atoms with E-state index in [2.05, 4.69) is 22.6 Å². The van der Waals surface area contributed by atoms with E-state index in [-0.39, 0.29) is 13.0 Å². The van der Waals surface area contributed by atoms with Crippen LogP contribution in [0.4, 0.5) is 4.79 Å². The van der Waals surface area contributed by atoms with Crippen LogP contribution in [0.25, 0.3) is 0 Å². The van der Waals surface area contributed by atoms with Gasteiger partial charge in [-0.3, -0.25) is 0 Å². The van der Waals surface area contributed by atoms with Gasteiger partial charge in [-0.25, -0.2) is 9.59 Å². The molecule has 0 spiro atoms. The summed E-state index contributed by atoms with van der Waals surface area (Å²) in [6.45, 7) is 0.106. The molecule has 0 radical (unpaired) electrons. The number of hydroxylamine groups is 1. The summed E-state index contributed by atoms with van der Waals surface area (Å²) in [7, 11) is 1.61. The van der Waals surface area contributed by atoms with Crippen molar-refractivity contribution in [1.82, 2.24) is 5.48 Å². The maximum absolute atomic E-state index is 11.7. The maximum atomic E-state index is 11.7. The first kappa shape index (κ1) is 19.0. The number of methoxy groups -OCH3 is 1. The Kier molecular flexibility index (Phi) is 7.52. The normalized spacial score (nSPS) is 10.0. The van der Waals surface area contributed by atoms with E-state index in [1.807, 2.05) is 54.0 Å². The van der Waals surface area contributed by atoms with Gasteiger partial charge in [0.05, 0.1) is 17.1 Å². The van der Waals surface area contributed by atoms with Crippen molar-refractivity contribution in [1.29, 1.82) is 0 Å². The van der Waals surface area contributed by atoms with Crippen molar-refractivity contribution in [3.8, 4) is 5.75 Å². The van der Waals surface area contributed by atoms with Crippen LogP contribution >= 0.6 is 22.6 Å². The van der Waals surface area contributed by atoms with Gasteiger partial charge in [0, 0.05) is 0 Å². The van der Waals surface area contributed by atoms with Gasteiger partial charge < -0.3 is 14.3 Å². The van der Waals surface area contributed by atoms with Crippen LogP contribution in [0.2, 0.25) is 0 Å². The van der Waals surface area contributed by atoms with Crippen LogP contribution in [0.5, 0.6) is 5.75 Å². The highest BCUT2D eigenvalue weighted by Crippen LogP contribution is 2.22. The summed E-state index contributed by atoms with van der Waals surface area (Å²) in [5.41, 5.74) is 3.81. The minimum Gasteiger partial charge on any atom is -0.496 e. The predicted molar refractivity (Wildman–Crippen MR) is 99.9 cm³/mol. The second-order valence-electron chi connectivity index (χ2n) is 5.11. The van der Waals surface area contributed by atoms with E-state index >= 15 is 0 Å². The topological polar surface area (TPSA) is 73.9 Å². The number of amides is 1. The van der Waals surface area contributed by atoms with Crippen molar-refractivity contribution >= 4 is 34.7 Å². The summed E-state index contributed by atoms with van der Waals surface area (Å²) < 4.78 is 11.1. The molecule has 0 unspecified atom stereocenters. The van der Waals surface area contributed by atoms with E-state index in [4.69, 9.17) is 14.3 Å². The molecule has 0 atom stereocenters. The monoisotopic (exact) mass is 455 g/mol. The molecule has 1 amide bonds. The second kappa shape index (κ2) is 9.87. The number of ether oxygens (including phenoxy) is 2. The number of aryl methyl sites for hydroxylation is 1. The Morgan fingerprint density at radius 2 is 1.84 bits per heavy atom. The van der Waals surface area contributed by atoms with Crippen LogP contribution in [-0.4, -0.2) is 19.2 Å². The third-order valence-electron chi connectivity index (χ3n) is 3.29. The zero-order chi connectivity index (χ0) is 18.1. The molecule has 6 nitrogen and oxygen atoms in total. The lowest BCUT2D eigenvalue weighted by molar-refractivity contribution is -0.149. The molecule has 0 aromatic heterocycles. The van der Waals surface area contributed by atoms with Crippen LogP contribution in [0.3, 0.4) is 0 Å². The summed E-state index contributed by atoms with van der Waals surface area (Å²) in [4.78, 5) is 27.9. The van der Waals surface area contributed by atoms with Crippen molar-refractivity contribution in [2.75, 3.05) is 7.11 Å². The summed E-state index contributed by atoms with van der Waals surface area (Å²) in [5.74, 6) is 0.247. The Balaban J connectivity index is 1.68. The van der Waals surface area contributed by atoms with Crippen molar-refractivity contribution in [2.24, 2.45) is 0 Å². The Hall–Kier alpha value is -2.29. The quantitative estimate of drug-likeness (QED) is 0.532. The lowest BCUT2D eigenvalue weighted by Crippen LogP contribution is -2.27. The maximum Gasteiger partial charge on any atom is 0.441 e. The number of hydrogen-bond donors (Lipinski definition) is 1. The zero-order valence-corrected chi connectivity index (χ0v) is 15.8. The van der Waals surface area contributed by atoms with Gasteiger partial charge in [-0.2, -0.15) is 0 Å². The lowest BCUT2D eigenvalue weighted by Gasteiger charge is -2.08. The molecule has 0 bridgehead atoms. The van der Waals surface area contributed by atoms with Gasteiger partial charge >= 0.3 is 12.1 Å². The molecule has 132 valence electrons. The van der Waals surface area contributed by atoms with E-state index in [0.29, 0.717) is 6.42 Å². The molecular weight excluding hydrogens is 437 g/mol. The van der Waals surface area contributed by atoms with Crippen molar-refractivity contribution < 1.29 is 23.9 Å². The fourth-order valence-electron chi connectivity index (χ4n) is 2.01. The van der Waals surface area contributed by atoms with E-state index in [0.717, 1.165) is 20.4 Å². The molecule has 2 rings (SSSR count). The molecule has 0 aliphatic heterocycles. The molecule has 1 N–H and O–H groups in total. The van der Waals surface area contributed by atoms with Gasteiger partial charge in [-0.1, -0.05) is 36.4 Å².